The van der Waals surface area contributed by atoms with E-state index in [1.807, 2.05) is 0 Å². The van der Waals surface area contributed by atoms with E-state index in [0.29, 0.717) is 6.42 Å². The lowest BCUT2D eigenvalue weighted by Crippen LogP contribution is -2.55. The molecule has 5 heteroatoms. The third-order valence-corrected chi connectivity index (χ3v) is 11.0. The molecule has 0 aliphatic carbocycles. The van der Waals surface area contributed by atoms with Gasteiger partial charge in [0.15, 0.2) is 8.32 Å². The van der Waals surface area contributed by atoms with Crippen LogP contribution < -0.4 is 0 Å². The second-order valence-corrected chi connectivity index (χ2v) is 19.7. The average Bonchev–Trinajstić information content (AvgIpc) is 2.43. The van der Waals surface area contributed by atoms with Crippen LogP contribution in [0.3, 0.4) is 0 Å². The van der Waals surface area contributed by atoms with Crippen molar-refractivity contribution in [2.24, 2.45) is 11.8 Å². The summed E-state index contributed by atoms with van der Waals surface area (Å²) < 4.78 is 13.1. The summed E-state index contributed by atoms with van der Waals surface area (Å²) in [5.41, 5.74) is 3.47. The van der Waals surface area contributed by atoms with Crippen molar-refractivity contribution in [3.8, 4) is 11.5 Å². The SMILES string of the molecule is C[C@@H]1[C@@H](O[Si](C)(C)C(C)(C)C)[C@@H](C)[C@@H](CCO)O[C@H]1C#C[Si](C)(C)C. The van der Waals surface area contributed by atoms with Gasteiger partial charge in [0.05, 0.1) is 12.2 Å². The van der Waals surface area contributed by atoms with Gasteiger partial charge in [-0.25, -0.2) is 0 Å². The van der Waals surface area contributed by atoms with E-state index in [0.717, 1.165) is 0 Å². The molecule has 0 aromatic rings. The van der Waals surface area contributed by atoms with Gasteiger partial charge in [0.2, 0.25) is 0 Å². The highest BCUT2D eigenvalue weighted by Gasteiger charge is 2.47. The number of ether oxygens (including phenoxy) is 1. The van der Waals surface area contributed by atoms with E-state index in [9.17, 15) is 5.11 Å². The van der Waals surface area contributed by atoms with Crippen LogP contribution in [-0.4, -0.2) is 46.4 Å². The van der Waals surface area contributed by atoms with Gasteiger partial charge in [-0.15, -0.1) is 5.54 Å². The molecule has 0 radical (unpaired) electrons. The van der Waals surface area contributed by atoms with Gasteiger partial charge >= 0.3 is 0 Å². The number of aliphatic hydroxyl groups is 1. The molecule has 3 nitrogen and oxygen atoms in total. The van der Waals surface area contributed by atoms with Crippen molar-refractivity contribution in [1.82, 2.24) is 0 Å². The minimum absolute atomic E-state index is 0.0110. The Morgan fingerprint density at radius 2 is 1.60 bits per heavy atom. The van der Waals surface area contributed by atoms with Gasteiger partial charge in [-0.05, 0) is 24.6 Å². The number of hydrogen-bond donors (Lipinski definition) is 1. The van der Waals surface area contributed by atoms with E-state index in [-0.39, 0.29) is 41.8 Å². The zero-order valence-electron chi connectivity index (χ0n) is 18.1. The molecule has 1 heterocycles. The summed E-state index contributed by atoms with van der Waals surface area (Å²) in [6, 6.07) is 0. The van der Waals surface area contributed by atoms with Gasteiger partial charge in [-0.1, -0.05) is 60.2 Å². The van der Waals surface area contributed by atoms with Gasteiger partial charge in [-0.3, -0.25) is 0 Å². The maximum atomic E-state index is 9.45. The predicted molar refractivity (Wildman–Crippen MR) is 112 cm³/mol. The van der Waals surface area contributed by atoms with Crippen molar-refractivity contribution in [2.75, 3.05) is 6.61 Å². The van der Waals surface area contributed by atoms with Crippen LogP contribution in [0.5, 0.6) is 0 Å². The van der Waals surface area contributed by atoms with Crippen molar-refractivity contribution in [3.05, 3.63) is 0 Å². The molecule has 25 heavy (non-hydrogen) atoms. The maximum Gasteiger partial charge on any atom is 0.192 e. The normalized spacial score (nSPS) is 31.4. The first kappa shape index (κ1) is 22.9. The van der Waals surface area contributed by atoms with Crippen LogP contribution in [-0.2, 0) is 9.16 Å². The van der Waals surface area contributed by atoms with Gasteiger partial charge in [0.1, 0.15) is 14.2 Å². The molecule has 0 amide bonds. The molecule has 0 aromatic carbocycles. The molecule has 146 valence electrons. The molecular weight excluding hydrogens is 344 g/mol. The van der Waals surface area contributed by atoms with Crippen molar-refractivity contribution in [1.29, 1.82) is 0 Å². The maximum absolute atomic E-state index is 9.45. The molecule has 1 saturated heterocycles. The van der Waals surface area contributed by atoms with E-state index in [2.05, 4.69) is 78.8 Å². The second kappa shape index (κ2) is 8.27. The largest absolute Gasteiger partial charge is 0.413 e. The topological polar surface area (TPSA) is 38.7 Å². The van der Waals surface area contributed by atoms with Gasteiger partial charge in [0.25, 0.3) is 0 Å². The summed E-state index contributed by atoms with van der Waals surface area (Å²) in [4.78, 5) is 0. The van der Waals surface area contributed by atoms with Crippen LogP contribution in [0.4, 0.5) is 0 Å². The first-order valence-corrected chi connectivity index (χ1v) is 16.1. The summed E-state index contributed by atoms with van der Waals surface area (Å²) in [6.45, 7) is 22.8. The summed E-state index contributed by atoms with van der Waals surface area (Å²) in [6.07, 6.45) is 0.689. The molecule has 0 aromatic heterocycles. The van der Waals surface area contributed by atoms with Crippen LogP contribution in [0.1, 0.15) is 41.0 Å². The third-order valence-electron chi connectivity index (χ3n) is 5.66. The molecule has 0 unspecified atom stereocenters. The number of hydrogen-bond acceptors (Lipinski definition) is 3. The quantitative estimate of drug-likeness (QED) is 0.565. The zero-order valence-corrected chi connectivity index (χ0v) is 20.1. The van der Waals surface area contributed by atoms with E-state index in [1.54, 1.807) is 0 Å². The van der Waals surface area contributed by atoms with Crippen LogP contribution in [0.2, 0.25) is 37.8 Å². The Balaban J connectivity index is 3.12. The first-order valence-electron chi connectivity index (χ1n) is 9.66. The van der Waals surface area contributed by atoms with Crippen LogP contribution in [0.15, 0.2) is 0 Å². The highest BCUT2D eigenvalue weighted by Crippen LogP contribution is 2.42. The molecule has 1 fully saturated rings. The highest BCUT2D eigenvalue weighted by molar-refractivity contribution is 6.83. The molecule has 1 N–H and O–H groups in total. The number of rotatable bonds is 4. The fourth-order valence-electron chi connectivity index (χ4n) is 2.94. The van der Waals surface area contributed by atoms with Crippen molar-refractivity contribution >= 4 is 16.4 Å². The van der Waals surface area contributed by atoms with Crippen LogP contribution in [0, 0.1) is 23.3 Å². The molecular formula is C20H40O3Si2. The zero-order chi connectivity index (χ0) is 19.6. The van der Waals surface area contributed by atoms with Crippen LogP contribution in [0.25, 0.3) is 0 Å². The molecule has 1 aliphatic heterocycles. The monoisotopic (exact) mass is 384 g/mol. The summed E-state index contributed by atoms with van der Waals surface area (Å²) in [5, 5.41) is 9.63. The lowest BCUT2D eigenvalue weighted by molar-refractivity contribution is -0.143. The summed E-state index contributed by atoms with van der Waals surface area (Å²) in [5.74, 6) is 3.92. The minimum atomic E-state index is -1.88. The van der Waals surface area contributed by atoms with Gasteiger partial charge in [-0.2, -0.15) is 0 Å². The van der Waals surface area contributed by atoms with E-state index < -0.39 is 16.4 Å². The molecule has 0 saturated carbocycles. The lowest BCUT2D eigenvalue weighted by Gasteiger charge is -2.48. The fraction of sp³-hybridized carbons (Fsp3) is 0.900. The fourth-order valence-corrected chi connectivity index (χ4v) is 4.98. The first-order chi connectivity index (χ1) is 11.2. The second-order valence-electron chi connectivity index (χ2n) is 10.2. The molecule has 1 aliphatic rings. The molecule has 0 bridgehead atoms. The predicted octanol–water partition coefficient (Wildman–Crippen LogP) is 4.68. The standard InChI is InChI=1S/C20H40O3Si2/c1-15-17(11-13-21)22-18(12-14-24(6,7)8)16(2)19(15)23-25(9,10)20(3,4)5/h15-19,21H,11,13H2,1-10H3/t15-,16-,17+,18-,19-/m0/s1. The van der Waals surface area contributed by atoms with Crippen molar-refractivity contribution < 1.29 is 14.3 Å². The molecule has 1 rings (SSSR count). The van der Waals surface area contributed by atoms with Crippen molar-refractivity contribution in [3.63, 3.8) is 0 Å². The highest BCUT2D eigenvalue weighted by atomic mass is 28.4. The summed E-state index contributed by atoms with van der Waals surface area (Å²) >= 11 is 0. The van der Waals surface area contributed by atoms with E-state index in [1.165, 1.54) is 0 Å². The Labute approximate surface area is 158 Å². The lowest BCUT2D eigenvalue weighted by atomic mass is 9.82. The smallest absolute Gasteiger partial charge is 0.192 e. The van der Waals surface area contributed by atoms with E-state index >= 15 is 0 Å². The minimum Gasteiger partial charge on any atom is -0.413 e. The number of aliphatic hydroxyl groups excluding tert-OH is 1. The average molecular weight is 385 g/mol. The summed E-state index contributed by atoms with van der Waals surface area (Å²) in [7, 11) is -3.32. The molecule has 5 atom stereocenters. The van der Waals surface area contributed by atoms with E-state index in [4.69, 9.17) is 9.16 Å². The van der Waals surface area contributed by atoms with Gasteiger partial charge < -0.3 is 14.3 Å². The third kappa shape index (κ3) is 6.21. The Morgan fingerprint density at radius 3 is 2.04 bits per heavy atom. The Morgan fingerprint density at radius 1 is 1.04 bits per heavy atom. The van der Waals surface area contributed by atoms with Crippen molar-refractivity contribution in [2.45, 2.75) is 97.1 Å². The molecule has 0 spiro atoms. The Hall–Kier alpha value is -0.126. The van der Waals surface area contributed by atoms with Gasteiger partial charge in [0, 0.05) is 18.4 Å². The Bertz CT molecular complexity index is 494. The van der Waals surface area contributed by atoms with Crippen LogP contribution >= 0.6 is 0 Å². The Kier molecular flexibility index (Phi) is 7.58.